The van der Waals surface area contributed by atoms with E-state index in [-0.39, 0.29) is 11.3 Å². The van der Waals surface area contributed by atoms with Crippen LogP contribution in [0.1, 0.15) is 26.4 Å². The Kier molecular flexibility index (Phi) is 2.65. The molecule has 0 atom stereocenters. The number of carboxylic acids is 1. The first-order valence-corrected chi connectivity index (χ1v) is 4.81. The van der Waals surface area contributed by atoms with Crippen LogP contribution in [0, 0.1) is 6.92 Å². The van der Waals surface area contributed by atoms with Crippen LogP contribution in [0.5, 0.6) is 0 Å². The molecular weight excluding hydrogens is 224 g/mol. The lowest BCUT2D eigenvalue weighted by atomic mass is 10.2. The van der Waals surface area contributed by atoms with E-state index in [1.165, 1.54) is 18.6 Å². The molecule has 2 rings (SSSR count). The fourth-order valence-corrected chi connectivity index (χ4v) is 1.47. The van der Waals surface area contributed by atoms with Crippen molar-refractivity contribution in [3.63, 3.8) is 0 Å². The number of amides is 1. The van der Waals surface area contributed by atoms with E-state index in [2.05, 4.69) is 20.5 Å². The van der Waals surface area contributed by atoms with Gasteiger partial charge in [-0.2, -0.15) is 5.10 Å². The molecule has 0 aliphatic heterocycles. The van der Waals surface area contributed by atoms with Gasteiger partial charge in [0.1, 0.15) is 5.56 Å². The molecule has 0 spiro atoms. The number of carboxylic acid groups (broad SMARTS) is 1. The number of carbonyl (C=O) groups excluding carboxylic acids is 1. The topological polar surface area (TPSA) is 111 Å². The van der Waals surface area contributed by atoms with Crippen molar-refractivity contribution in [1.29, 1.82) is 0 Å². The third-order valence-electron chi connectivity index (χ3n) is 2.30. The maximum absolute atomic E-state index is 11.7. The number of hydrogen-bond donors (Lipinski definition) is 4. The highest BCUT2D eigenvalue weighted by atomic mass is 16.4. The van der Waals surface area contributed by atoms with E-state index in [4.69, 9.17) is 5.11 Å². The lowest BCUT2D eigenvalue weighted by Crippen LogP contribution is -2.13. The van der Waals surface area contributed by atoms with Crippen molar-refractivity contribution in [2.24, 2.45) is 0 Å². The van der Waals surface area contributed by atoms with Crippen LogP contribution >= 0.6 is 0 Å². The van der Waals surface area contributed by atoms with E-state index in [0.29, 0.717) is 11.3 Å². The van der Waals surface area contributed by atoms with Crippen LogP contribution in [0.2, 0.25) is 0 Å². The van der Waals surface area contributed by atoms with Crippen molar-refractivity contribution < 1.29 is 14.7 Å². The molecule has 7 heteroatoms. The summed E-state index contributed by atoms with van der Waals surface area (Å²) in [5.74, 6) is -1.51. The quantitative estimate of drug-likeness (QED) is 0.634. The van der Waals surface area contributed by atoms with Crippen molar-refractivity contribution in [1.82, 2.24) is 15.2 Å². The molecule has 2 aromatic heterocycles. The Labute approximate surface area is 95.9 Å². The highest BCUT2D eigenvalue weighted by Crippen LogP contribution is 2.19. The average molecular weight is 234 g/mol. The summed E-state index contributed by atoms with van der Waals surface area (Å²) in [5.41, 5.74) is 1.11. The van der Waals surface area contributed by atoms with Gasteiger partial charge in [-0.15, -0.1) is 0 Å². The molecule has 0 aliphatic rings. The Hall–Kier alpha value is -2.57. The van der Waals surface area contributed by atoms with Crippen LogP contribution < -0.4 is 5.32 Å². The Morgan fingerprint density at radius 1 is 1.41 bits per heavy atom. The molecule has 17 heavy (non-hydrogen) atoms. The van der Waals surface area contributed by atoms with Crippen molar-refractivity contribution >= 4 is 17.6 Å². The molecule has 0 radical (unpaired) electrons. The summed E-state index contributed by atoms with van der Waals surface area (Å²) in [6.45, 7) is 1.62. The van der Waals surface area contributed by atoms with Gasteiger partial charge >= 0.3 is 5.97 Å². The minimum atomic E-state index is -1.09. The third kappa shape index (κ3) is 2.03. The van der Waals surface area contributed by atoms with Gasteiger partial charge < -0.3 is 15.4 Å². The number of carbonyl (C=O) groups is 2. The van der Waals surface area contributed by atoms with E-state index >= 15 is 0 Å². The van der Waals surface area contributed by atoms with E-state index in [1.807, 2.05) is 0 Å². The van der Waals surface area contributed by atoms with Crippen LogP contribution in [0.25, 0.3) is 0 Å². The summed E-state index contributed by atoms with van der Waals surface area (Å²) in [6, 6.07) is 0. The SMILES string of the molecule is Cc1[nH]cc(NC(=O)c2cn[nH]c2)c1C(=O)O. The van der Waals surface area contributed by atoms with Gasteiger partial charge in [-0.1, -0.05) is 0 Å². The van der Waals surface area contributed by atoms with E-state index in [0.717, 1.165) is 0 Å². The second kappa shape index (κ2) is 4.12. The molecule has 7 nitrogen and oxygen atoms in total. The summed E-state index contributed by atoms with van der Waals surface area (Å²) in [5, 5.41) is 17.6. The third-order valence-corrected chi connectivity index (χ3v) is 2.30. The van der Waals surface area contributed by atoms with Gasteiger partial charge in [0.2, 0.25) is 0 Å². The normalized spacial score (nSPS) is 10.2. The van der Waals surface area contributed by atoms with E-state index < -0.39 is 11.9 Å². The summed E-state index contributed by atoms with van der Waals surface area (Å²) in [6.07, 6.45) is 4.22. The first-order valence-electron chi connectivity index (χ1n) is 4.81. The summed E-state index contributed by atoms with van der Waals surface area (Å²) in [7, 11) is 0. The molecule has 2 aromatic rings. The first kappa shape index (κ1) is 10.9. The largest absolute Gasteiger partial charge is 0.478 e. The molecule has 88 valence electrons. The van der Waals surface area contributed by atoms with Crippen LogP contribution in [0.15, 0.2) is 18.6 Å². The molecular formula is C10H10N4O3. The standard InChI is InChI=1S/C10H10N4O3/c1-5-8(10(16)17)7(4-11-5)14-9(15)6-2-12-13-3-6/h2-4,11H,1H3,(H,12,13)(H,14,15)(H,16,17). The Bertz CT molecular complexity index is 556. The van der Waals surface area contributed by atoms with Crippen LogP contribution in [-0.2, 0) is 0 Å². The number of aromatic amines is 2. The Balaban J connectivity index is 2.25. The lowest BCUT2D eigenvalue weighted by Gasteiger charge is -2.02. The molecule has 0 aromatic carbocycles. The van der Waals surface area contributed by atoms with Crippen molar-refractivity contribution in [3.8, 4) is 0 Å². The molecule has 2 heterocycles. The van der Waals surface area contributed by atoms with E-state index in [9.17, 15) is 9.59 Å². The fourth-order valence-electron chi connectivity index (χ4n) is 1.47. The minimum absolute atomic E-state index is 0.0573. The van der Waals surface area contributed by atoms with Crippen LogP contribution in [-0.4, -0.2) is 32.2 Å². The number of H-pyrrole nitrogens is 2. The molecule has 0 aliphatic carbocycles. The number of nitrogens with zero attached hydrogens (tertiary/aromatic N) is 1. The zero-order valence-corrected chi connectivity index (χ0v) is 8.94. The van der Waals surface area contributed by atoms with Gasteiger partial charge in [0.15, 0.2) is 0 Å². The molecule has 1 amide bonds. The van der Waals surface area contributed by atoms with Gasteiger partial charge in [-0.3, -0.25) is 9.89 Å². The predicted molar refractivity (Wildman–Crippen MR) is 59.0 cm³/mol. The number of anilines is 1. The molecule has 0 saturated heterocycles. The molecule has 0 fully saturated rings. The molecule has 4 N–H and O–H groups in total. The van der Waals surface area contributed by atoms with Gasteiger partial charge in [0.05, 0.1) is 17.4 Å². The summed E-state index contributed by atoms with van der Waals surface area (Å²) in [4.78, 5) is 25.4. The molecule has 0 unspecified atom stereocenters. The fraction of sp³-hybridized carbons (Fsp3) is 0.100. The van der Waals surface area contributed by atoms with Gasteiger partial charge in [0, 0.05) is 18.1 Å². The summed E-state index contributed by atoms with van der Waals surface area (Å²) >= 11 is 0. The number of rotatable bonds is 3. The Morgan fingerprint density at radius 2 is 2.18 bits per heavy atom. The number of aromatic nitrogens is 3. The van der Waals surface area contributed by atoms with Crippen LogP contribution in [0.3, 0.4) is 0 Å². The second-order valence-corrected chi connectivity index (χ2v) is 3.45. The van der Waals surface area contributed by atoms with Gasteiger partial charge in [-0.25, -0.2) is 4.79 Å². The number of aromatic carboxylic acids is 1. The first-order chi connectivity index (χ1) is 8.09. The van der Waals surface area contributed by atoms with Crippen LogP contribution in [0.4, 0.5) is 5.69 Å². The molecule has 0 saturated carbocycles. The van der Waals surface area contributed by atoms with Crippen molar-refractivity contribution in [2.45, 2.75) is 6.92 Å². The smallest absolute Gasteiger partial charge is 0.339 e. The Morgan fingerprint density at radius 3 is 2.76 bits per heavy atom. The van der Waals surface area contributed by atoms with Crippen molar-refractivity contribution in [3.05, 3.63) is 35.4 Å². The maximum Gasteiger partial charge on any atom is 0.339 e. The van der Waals surface area contributed by atoms with Gasteiger partial charge in [-0.05, 0) is 6.92 Å². The predicted octanol–water partition coefficient (Wildman–Crippen LogP) is 0.997. The lowest BCUT2D eigenvalue weighted by molar-refractivity contribution is 0.0697. The highest BCUT2D eigenvalue weighted by Gasteiger charge is 2.17. The zero-order valence-electron chi connectivity index (χ0n) is 8.94. The van der Waals surface area contributed by atoms with E-state index in [1.54, 1.807) is 6.92 Å². The van der Waals surface area contributed by atoms with Crippen molar-refractivity contribution in [2.75, 3.05) is 5.32 Å². The maximum atomic E-state index is 11.7. The minimum Gasteiger partial charge on any atom is -0.478 e. The summed E-state index contributed by atoms with van der Waals surface area (Å²) < 4.78 is 0. The number of aryl methyl sites for hydroxylation is 1. The highest BCUT2D eigenvalue weighted by molar-refractivity contribution is 6.07. The average Bonchev–Trinajstić information content (AvgIpc) is 2.87. The van der Waals surface area contributed by atoms with Gasteiger partial charge in [0.25, 0.3) is 5.91 Å². The number of hydrogen-bond acceptors (Lipinski definition) is 3. The zero-order chi connectivity index (χ0) is 12.4. The molecule has 0 bridgehead atoms. The number of nitrogens with one attached hydrogen (secondary N) is 3. The second-order valence-electron chi connectivity index (χ2n) is 3.45. The monoisotopic (exact) mass is 234 g/mol.